The third-order valence-electron chi connectivity index (χ3n) is 3.06. The molecule has 1 aromatic carbocycles. The van der Waals surface area contributed by atoms with Gasteiger partial charge in [-0.05, 0) is 27.9 Å². The number of halogens is 1. The molecule has 0 fully saturated rings. The Morgan fingerprint density at radius 2 is 2.12 bits per heavy atom. The largest absolute Gasteiger partial charge is 0.369 e. The number of rotatable bonds is 2. The van der Waals surface area contributed by atoms with Crippen LogP contribution in [0.2, 0.25) is 0 Å². The molecule has 1 N–H and O–H groups in total. The Hall–Kier alpha value is -1.29. The van der Waals surface area contributed by atoms with Gasteiger partial charge in [-0.2, -0.15) is 0 Å². The minimum atomic E-state index is 0.890. The van der Waals surface area contributed by atoms with E-state index in [9.17, 15) is 0 Å². The number of hydrogen-bond donors (Lipinski definition) is 1. The van der Waals surface area contributed by atoms with Crippen molar-refractivity contribution in [2.75, 3.05) is 11.9 Å². The Kier molecular flexibility index (Phi) is 2.89. The van der Waals surface area contributed by atoms with Crippen LogP contribution in [0.25, 0.3) is 0 Å². The first-order valence-electron chi connectivity index (χ1n) is 5.87. The van der Waals surface area contributed by atoms with E-state index in [2.05, 4.69) is 55.1 Å². The van der Waals surface area contributed by atoms with Crippen molar-refractivity contribution in [3.05, 3.63) is 46.3 Å². The van der Waals surface area contributed by atoms with Crippen molar-refractivity contribution < 1.29 is 0 Å². The summed E-state index contributed by atoms with van der Waals surface area (Å²) in [6, 6.07) is 10.5. The predicted molar refractivity (Wildman–Crippen MR) is 72.3 cm³/mol. The number of nitrogens with one attached hydrogen (secondary N) is 1. The maximum absolute atomic E-state index is 4.60. The first kappa shape index (κ1) is 10.8. The molecule has 1 aliphatic heterocycles. The molecule has 0 radical (unpaired) electrons. The van der Waals surface area contributed by atoms with Gasteiger partial charge in [0, 0.05) is 19.5 Å². The molecule has 0 bridgehead atoms. The van der Waals surface area contributed by atoms with Crippen molar-refractivity contribution in [1.29, 1.82) is 0 Å². The molecule has 0 saturated carbocycles. The highest BCUT2D eigenvalue weighted by Crippen LogP contribution is 2.27. The van der Waals surface area contributed by atoms with Crippen molar-refractivity contribution in [2.45, 2.75) is 19.4 Å². The van der Waals surface area contributed by atoms with Crippen LogP contribution in [0.15, 0.2) is 34.9 Å². The van der Waals surface area contributed by atoms with E-state index in [-0.39, 0.29) is 0 Å². The average molecular weight is 292 g/mol. The summed E-state index contributed by atoms with van der Waals surface area (Å²) in [5, 5.41) is 3.39. The number of benzene rings is 1. The number of anilines is 1. The summed E-state index contributed by atoms with van der Waals surface area (Å²) in [4.78, 5) is 4.60. The molecular weight excluding hydrogens is 278 g/mol. The molecule has 0 atom stereocenters. The summed E-state index contributed by atoms with van der Waals surface area (Å²) in [5.74, 6) is 2.26. The van der Waals surface area contributed by atoms with Crippen molar-refractivity contribution in [2.24, 2.45) is 0 Å². The van der Waals surface area contributed by atoms with Crippen molar-refractivity contribution in [3.8, 4) is 0 Å². The lowest BCUT2D eigenvalue weighted by Crippen LogP contribution is -2.18. The maximum Gasteiger partial charge on any atom is 0.148 e. The Morgan fingerprint density at radius 1 is 1.29 bits per heavy atom. The van der Waals surface area contributed by atoms with Crippen LogP contribution in [0, 0.1) is 0 Å². The number of hydrogen-bond acceptors (Lipinski definition) is 2. The molecule has 1 aromatic heterocycles. The van der Waals surface area contributed by atoms with E-state index in [0.29, 0.717) is 0 Å². The zero-order valence-corrected chi connectivity index (χ0v) is 11.1. The minimum Gasteiger partial charge on any atom is -0.369 e. The smallest absolute Gasteiger partial charge is 0.148 e. The van der Waals surface area contributed by atoms with E-state index in [0.717, 1.165) is 42.2 Å². The fraction of sp³-hybridized carbons (Fsp3) is 0.308. The maximum atomic E-state index is 4.60. The second-order valence-electron chi connectivity index (χ2n) is 4.26. The Bertz CT molecular complexity index is 519. The predicted octanol–water partition coefficient (Wildman–Crippen LogP) is 3.05. The molecule has 0 spiro atoms. The van der Waals surface area contributed by atoms with Crippen molar-refractivity contribution in [3.63, 3.8) is 0 Å². The van der Waals surface area contributed by atoms with Gasteiger partial charge in [0.15, 0.2) is 0 Å². The number of fused-ring (bicyclic) bond motifs is 1. The normalized spacial score (nSPS) is 14.2. The lowest BCUT2D eigenvalue weighted by molar-refractivity contribution is 0.606. The van der Waals surface area contributed by atoms with E-state index in [1.165, 1.54) is 5.56 Å². The summed E-state index contributed by atoms with van der Waals surface area (Å²) >= 11 is 3.52. The van der Waals surface area contributed by atoms with E-state index in [1.807, 2.05) is 6.07 Å². The first-order valence-corrected chi connectivity index (χ1v) is 6.66. The Balaban J connectivity index is 1.93. The fourth-order valence-electron chi connectivity index (χ4n) is 2.23. The van der Waals surface area contributed by atoms with Crippen molar-refractivity contribution in [1.82, 2.24) is 9.55 Å². The van der Waals surface area contributed by atoms with Gasteiger partial charge < -0.3 is 9.88 Å². The van der Waals surface area contributed by atoms with Crippen LogP contribution in [0.5, 0.6) is 0 Å². The Labute approximate surface area is 109 Å². The van der Waals surface area contributed by atoms with Crippen LogP contribution in [0.4, 0.5) is 5.82 Å². The summed E-state index contributed by atoms with van der Waals surface area (Å²) in [6.45, 7) is 2.10. The van der Waals surface area contributed by atoms with Gasteiger partial charge in [0.2, 0.25) is 0 Å². The second kappa shape index (κ2) is 4.53. The molecule has 17 heavy (non-hydrogen) atoms. The van der Waals surface area contributed by atoms with Crippen LogP contribution in [-0.2, 0) is 13.0 Å². The monoisotopic (exact) mass is 291 g/mol. The number of aromatic nitrogens is 2. The van der Waals surface area contributed by atoms with E-state index in [4.69, 9.17) is 0 Å². The first-order chi connectivity index (χ1) is 8.34. The minimum absolute atomic E-state index is 0.890. The van der Waals surface area contributed by atoms with Gasteiger partial charge in [0.25, 0.3) is 0 Å². The molecular formula is C13H14BrN3. The molecule has 3 nitrogen and oxygen atoms in total. The standard InChI is InChI=1S/C13H14BrN3/c14-12-13-15-7-4-8-17(13)11(16-12)9-10-5-2-1-3-6-10/h1-3,5-6,15H,4,7-9H2. The highest BCUT2D eigenvalue weighted by molar-refractivity contribution is 9.10. The van der Waals surface area contributed by atoms with Gasteiger partial charge in [0.1, 0.15) is 16.2 Å². The molecule has 0 saturated heterocycles. The van der Waals surface area contributed by atoms with Crippen molar-refractivity contribution >= 4 is 21.7 Å². The molecule has 88 valence electrons. The quantitative estimate of drug-likeness (QED) is 0.922. The zero-order valence-electron chi connectivity index (χ0n) is 9.49. The number of nitrogens with zero attached hydrogens (tertiary/aromatic N) is 2. The molecule has 2 heterocycles. The van der Waals surface area contributed by atoms with Crippen LogP contribution in [-0.4, -0.2) is 16.1 Å². The molecule has 0 unspecified atom stereocenters. The highest BCUT2D eigenvalue weighted by Gasteiger charge is 2.17. The van der Waals surface area contributed by atoms with Crippen LogP contribution in [0.3, 0.4) is 0 Å². The van der Waals surface area contributed by atoms with Crippen LogP contribution in [0.1, 0.15) is 17.8 Å². The van der Waals surface area contributed by atoms with Gasteiger partial charge in [-0.3, -0.25) is 0 Å². The van der Waals surface area contributed by atoms with Gasteiger partial charge in [-0.1, -0.05) is 30.3 Å². The number of imidazole rings is 1. The molecule has 1 aliphatic rings. The third-order valence-corrected chi connectivity index (χ3v) is 3.61. The van der Waals surface area contributed by atoms with Crippen LogP contribution < -0.4 is 5.32 Å². The summed E-state index contributed by atoms with van der Waals surface area (Å²) in [7, 11) is 0. The molecule has 4 heteroatoms. The molecule has 3 rings (SSSR count). The topological polar surface area (TPSA) is 29.9 Å². The van der Waals surface area contributed by atoms with Gasteiger partial charge in [-0.25, -0.2) is 4.98 Å². The summed E-state index contributed by atoms with van der Waals surface area (Å²) < 4.78 is 3.21. The van der Waals surface area contributed by atoms with Gasteiger partial charge in [-0.15, -0.1) is 0 Å². The second-order valence-corrected chi connectivity index (χ2v) is 5.01. The SMILES string of the molecule is Brc1nc(Cc2ccccc2)n2c1NCCC2. The van der Waals surface area contributed by atoms with Crippen LogP contribution >= 0.6 is 15.9 Å². The molecule has 2 aromatic rings. The average Bonchev–Trinajstić information content (AvgIpc) is 2.69. The fourth-order valence-corrected chi connectivity index (χ4v) is 2.79. The summed E-state index contributed by atoms with van der Waals surface area (Å²) in [5.41, 5.74) is 1.30. The van der Waals surface area contributed by atoms with E-state index >= 15 is 0 Å². The third kappa shape index (κ3) is 2.09. The van der Waals surface area contributed by atoms with Gasteiger partial charge >= 0.3 is 0 Å². The summed E-state index contributed by atoms with van der Waals surface area (Å²) in [6.07, 6.45) is 2.05. The zero-order chi connectivity index (χ0) is 11.7. The highest BCUT2D eigenvalue weighted by atomic mass is 79.9. The van der Waals surface area contributed by atoms with E-state index in [1.54, 1.807) is 0 Å². The Morgan fingerprint density at radius 3 is 2.94 bits per heavy atom. The lowest BCUT2D eigenvalue weighted by Gasteiger charge is -2.18. The van der Waals surface area contributed by atoms with E-state index < -0.39 is 0 Å². The molecule has 0 aliphatic carbocycles. The van der Waals surface area contributed by atoms with Gasteiger partial charge in [0.05, 0.1) is 0 Å². The lowest BCUT2D eigenvalue weighted by atomic mass is 10.1. The molecule has 0 amide bonds.